The molecule has 0 aliphatic rings. The summed E-state index contributed by atoms with van der Waals surface area (Å²) in [5.74, 6) is -0.338. The van der Waals surface area contributed by atoms with Gasteiger partial charge in [0, 0.05) is 11.8 Å². The lowest BCUT2D eigenvalue weighted by Gasteiger charge is -2.13. The van der Waals surface area contributed by atoms with Gasteiger partial charge in [-0.2, -0.15) is 5.10 Å². The van der Waals surface area contributed by atoms with Crippen LogP contribution >= 0.6 is 0 Å². The van der Waals surface area contributed by atoms with Crippen LogP contribution in [0, 0.1) is 0 Å². The van der Waals surface area contributed by atoms with Crippen LogP contribution in [-0.2, 0) is 10.0 Å². The number of para-hydroxylation sites is 1. The van der Waals surface area contributed by atoms with Gasteiger partial charge in [0.15, 0.2) is 0 Å². The third kappa shape index (κ3) is 3.82. The van der Waals surface area contributed by atoms with Crippen LogP contribution in [-0.4, -0.2) is 41.8 Å². The number of rotatable bonds is 6. The second-order valence-electron chi connectivity index (χ2n) is 6.66. The third-order valence-electron chi connectivity index (χ3n) is 4.73. The van der Waals surface area contributed by atoms with E-state index in [1.54, 1.807) is 24.3 Å². The van der Waals surface area contributed by atoms with Gasteiger partial charge in [0.1, 0.15) is 17.0 Å². The summed E-state index contributed by atoms with van der Waals surface area (Å²) in [6.07, 6.45) is 1.37. The Morgan fingerprint density at radius 2 is 2.00 bits per heavy atom. The second kappa shape index (κ2) is 7.76. The molecule has 2 aromatic heterocycles. The highest BCUT2D eigenvalue weighted by Crippen LogP contribution is 2.29. The normalized spacial score (nSPS) is 11.5. The molecule has 160 valence electrons. The molecule has 2 aromatic carbocycles. The summed E-state index contributed by atoms with van der Waals surface area (Å²) in [4.78, 5) is 27.9. The number of anilines is 2. The first-order valence-electron chi connectivity index (χ1n) is 9.31. The molecule has 0 fully saturated rings. The van der Waals surface area contributed by atoms with E-state index in [9.17, 15) is 18.0 Å². The predicted octanol–water partition coefficient (Wildman–Crippen LogP) is 2.20. The van der Waals surface area contributed by atoms with Gasteiger partial charge in [-0.15, -0.1) is 0 Å². The number of H-pyrrole nitrogens is 1. The van der Waals surface area contributed by atoms with E-state index >= 15 is 0 Å². The number of carbonyl (C=O) groups is 1. The number of nitrogens with zero attached hydrogens (tertiary/aromatic N) is 2. The van der Waals surface area contributed by atoms with Crippen molar-refractivity contribution < 1.29 is 17.9 Å². The Bertz CT molecular complexity index is 1470. The van der Waals surface area contributed by atoms with E-state index < -0.39 is 15.9 Å². The van der Waals surface area contributed by atoms with Crippen molar-refractivity contribution in [3.05, 3.63) is 64.6 Å². The van der Waals surface area contributed by atoms with Crippen molar-refractivity contribution in [2.24, 2.45) is 0 Å². The van der Waals surface area contributed by atoms with Crippen molar-refractivity contribution in [3.63, 3.8) is 0 Å². The van der Waals surface area contributed by atoms with E-state index in [1.807, 2.05) is 0 Å². The van der Waals surface area contributed by atoms with Crippen molar-refractivity contribution in [1.29, 1.82) is 0 Å². The number of aromatic nitrogens is 3. The first kappa shape index (κ1) is 20.4. The average Bonchev–Trinajstić information content (AvgIpc) is 3.19. The average molecular weight is 441 g/mol. The predicted molar refractivity (Wildman–Crippen MR) is 117 cm³/mol. The zero-order chi connectivity index (χ0) is 22.2. The number of hydrogen-bond acceptors (Lipinski definition) is 6. The molecule has 31 heavy (non-hydrogen) atoms. The van der Waals surface area contributed by atoms with Crippen molar-refractivity contribution in [3.8, 4) is 5.75 Å². The molecule has 10 nitrogen and oxygen atoms in total. The molecule has 0 saturated heterocycles. The lowest BCUT2D eigenvalue weighted by atomic mass is 10.2. The van der Waals surface area contributed by atoms with E-state index in [-0.39, 0.29) is 34.0 Å². The van der Waals surface area contributed by atoms with Crippen LogP contribution in [0.5, 0.6) is 5.75 Å². The maximum Gasteiger partial charge on any atom is 0.261 e. The SMILES string of the molecule is CCS(=O)(=O)Nc1ccc(NC(=O)c2cnn3c2[nH]c(=O)c2ccccc23)cc1OC. The fourth-order valence-electron chi connectivity index (χ4n) is 3.13. The molecule has 2 heterocycles. The summed E-state index contributed by atoms with van der Waals surface area (Å²) >= 11 is 0. The third-order valence-corrected chi connectivity index (χ3v) is 6.02. The molecule has 4 aromatic rings. The van der Waals surface area contributed by atoms with Gasteiger partial charge in [-0.1, -0.05) is 12.1 Å². The summed E-state index contributed by atoms with van der Waals surface area (Å²) in [6.45, 7) is 1.52. The summed E-state index contributed by atoms with van der Waals surface area (Å²) < 4.78 is 32.8. The van der Waals surface area contributed by atoms with Crippen molar-refractivity contribution in [2.45, 2.75) is 6.92 Å². The van der Waals surface area contributed by atoms with E-state index in [1.165, 1.54) is 42.9 Å². The Hall–Kier alpha value is -3.86. The summed E-state index contributed by atoms with van der Waals surface area (Å²) in [5.41, 5.74) is 1.33. The van der Waals surface area contributed by atoms with Gasteiger partial charge >= 0.3 is 0 Å². The molecule has 3 N–H and O–H groups in total. The Kier molecular flexibility index (Phi) is 5.11. The maximum atomic E-state index is 12.9. The second-order valence-corrected chi connectivity index (χ2v) is 8.68. The molecule has 0 atom stereocenters. The van der Waals surface area contributed by atoms with E-state index in [2.05, 4.69) is 20.1 Å². The molecule has 4 rings (SSSR count). The molecule has 0 unspecified atom stereocenters. The fourth-order valence-corrected chi connectivity index (χ4v) is 3.78. The summed E-state index contributed by atoms with van der Waals surface area (Å²) in [7, 11) is -2.09. The molecule has 11 heteroatoms. The fraction of sp³-hybridized carbons (Fsp3) is 0.150. The minimum atomic E-state index is -3.48. The van der Waals surface area contributed by atoms with Gasteiger partial charge in [-0.25, -0.2) is 12.9 Å². The number of amides is 1. The lowest BCUT2D eigenvalue weighted by molar-refractivity contribution is 0.102. The zero-order valence-corrected chi connectivity index (χ0v) is 17.5. The number of hydrogen-bond donors (Lipinski definition) is 3. The van der Waals surface area contributed by atoms with Crippen LogP contribution in [0.25, 0.3) is 16.6 Å². The minimum absolute atomic E-state index is 0.0870. The van der Waals surface area contributed by atoms with Crippen molar-refractivity contribution in [1.82, 2.24) is 14.6 Å². The Morgan fingerprint density at radius 1 is 1.23 bits per heavy atom. The highest BCUT2D eigenvalue weighted by molar-refractivity contribution is 7.92. The van der Waals surface area contributed by atoms with Gasteiger partial charge in [0.2, 0.25) is 10.0 Å². The molecule has 0 spiro atoms. The van der Waals surface area contributed by atoms with Crippen LogP contribution in [0.1, 0.15) is 17.3 Å². The van der Waals surface area contributed by atoms with Gasteiger partial charge in [0.25, 0.3) is 11.5 Å². The number of ether oxygens (including phenoxy) is 1. The topological polar surface area (TPSA) is 135 Å². The first-order valence-corrected chi connectivity index (χ1v) is 11.0. The first-order chi connectivity index (χ1) is 14.8. The molecule has 0 aliphatic heterocycles. The summed E-state index contributed by atoms with van der Waals surface area (Å²) in [5, 5.41) is 7.40. The monoisotopic (exact) mass is 441 g/mol. The quantitative estimate of drug-likeness (QED) is 0.420. The zero-order valence-electron chi connectivity index (χ0n) is 16.7. The number of carbonyl (C=O) groups excluding carboxylic acids is 1. The van der Waals surface area contributed by atoms with E-state index in [0.717, 1.165) is 0 Å². The summed E-state index contributed by atoms with van der Waals surface area (Å²) in [6, 6.07) is 11.5. The van der Waals surface area contributed by atoms with Crippen LogP contribution in [0.4, 0.5) is 11.4 Å². The van der Waals surface area contributed by atoms with Gasteiger partial charge in [-0.05, 0) is 31.2 Å². The van der Waals surface area contributed by atoms with Gasteiger partial charge in [0.05, 0.1) is 35.6 Å². The van der Waals surface area contributed by atoms with Crippen LogP contribution in [0.3, 0.4) is 0 Å². The Balaban J connectivity index is 1.67. The molecule has 0 bridgehead atoms. The number of sulfonamides is 1. The Morgan fingerprint density at radius 3 is 2.74 bits per heavy atom. The number of methoxy groups -OCH3 is 1. The number of nitrogens with one attached hydrogen (secondary N) is 3. The van der Waals surface area contributed by atoms with Crippen molar-refractivity contribution in [2.75, 3.05) is 22.9 Å². The van der Waals surface area contributed by atoms with Crippen molar-refractivity contribution >= 4 is 43.9 Å². The molecule has 1 amide bonds. The molecule has 0 radical (unpaired) electrons. The molecule has 0 aliphatic carbocycles. The minimum Gasteiger partial charge on any atom is -0.494 e. The van der Waals surface area contributed by atoms with Crippen LogP contribution < -0.4 is 20.3 Å². The number of aromatic amines is 1. The number of benzene rings is 2. The highest BCUT2D eigenvalue weighted by Gasteiger charge is 2.18. The smallest absolute Gasteiger partial charge is 0.261 e. The van der Waals surface area contributed by atoms with Crippen LogP contribution in [0.2, 0.25) is 0 Å². The highest BCUT2D eigenvalue weighted by atomic mass is 32.2. The number of fused-ring (bicyclic) bond motifs is 3. The maximum absolute atomic E-state index is 12.9. The molecular weight excluding hydrogens is 422 g/mol. The van der Waals surface area contributed by atoms with Gasteiger partial charge in [-0.3, -0.25) is 14.3 Å². The molecular formula is C20H19N5O5S. The Labute approximate surface area is 176 Å². The van der Waals surface area contributed by atoms with Gasteiger partial charge < -0.3 is 15.0 Å². The molecule has 0 saturated carbocycles. The van der Waals surface area contributed by atoms with E-state index in [4.69, 9.17) is 4.74 Å². The van der Waals surface area contributed by atoms with E-state index in [0.29, 0.717) is 16.6 Å². The van der Waals surface area contributed by atoms with Crippen LogP contribution in [0.15, 0.2) is 53.5 Å². The largest absolute Gasteiger partial charge is 0.494 e. The lowest BCUT2D eigenvalue weighted by Crippen LogP contribution is -2.16. The standard InChI is InChI=1S/C20H19N5O5S/c1-3-31(28,29)24-15-9-8-12(10-17(15)30-2)22-20(27)14-11-21-25-16-7-5-4-6-13(16)19(26)23-18(14)25/h4-11,24H,3H2,1-2H3,(H,22,27)(H,23,26).